The second-order valence-electron chi connectivity index (χ2n) is 6.01. The van der Waals surface area contributed by atoms with Crippen molar-refractivity contribution in [3.8, 4) is 0 Å². The van der Waals surface area contributed by atoms with Gasteiger partial charge in [-0.15, -0.1) is 0 Å². The SMILES string of the molecule is CS(=O)(=O)CCC(C(=O)O)N1C(=O)CC2(CCCC2)C1=O. The molecule has 1 saturated heterocycles. The molecule has 2 fully saturated rings. The van der Waals surface area contributed by atoms with Crippen molar-refractivity contribution in [2.75, 3.05) is 12.0 Å². The summed E-state index contributed by atoms with van der Waals surface area (Å²) < 4.78 is 22.4. The fourth-order valence-corrected chi connectivity index (χ4v) is 3.92. The Bertz CT molecular complexity index is 575. The number of carboxylic acids is 1. The van der Waals surface area contributed by atoms with Crippen LogP contribution in [0.1, 0.15) is 38.5 Å². The highest BCUT2D eigenvalue weighted by atomic mass is 32.2. The van der Waals surface area contributed by atoms with E-state index >= 15 is 0 Å². The second kappa shape index (κ2) is 5.40. The van der Waals surface area contributed by atoms with Gasteiger partial charge in [0.1, 0.15) is 15.9 Å². The number of carbonyl (C=O) groups excluding carboxylic acids is 2. The van der Waals surface area contributed by atoms with Crippen molar-refractivity contribution in [2.24, 2.45) is 5.41 Å². The number of likely N-dealkylation sites (tertiary alicyclic amines) is 1. The van der Waals surface area contributed by atoms with Crippen LogP contribution in [0.5, 0.6) is 0 Å². The van der Waals surface area contributed by atoms with Gasteiger partial charge >= 0.3 is 5.97 Å². The fourth-order valence-electron chi connectivity index (χ4n) is 3.27. The number of carbonyl (C=O) groups is 3. The maximum atomic E-state index is 12.5. The number of aliphatic carboxylic acids is 1. The minimum atomic E-state index is -3.36. The maximum Gasteiger partial charge on any atom is 0.326 e. The van der Waals surface area contributed by atoms with Crippen LogP contribution in [0.2, 0.25) is 0 Å². The molecule has 1 aliphatic carbocycles. The molecule has 1 aliphatic heterocycles. The summed E-state index contributed by atoms with van der Waals surface area (Å²) in [7, 11) is -3.36. The minimum Gasteiger partial charge on any atom is -0.480 e. The Morgan fingerprint density at radius 2 is 1.90 bits per heavy atom. The summed E-state index contributed by atoms with van der Waals surface area (Å²) in [6.07, 6.45) is 3.70. The van der Waals surface area contributed by atoms with Crippen LogP contribution >= 0.6 is 0 Å². The average molecular weight is 317 g/mol. The van der Waals surface area contributed by atoms with Gasteiger partial charge in [-0.3, -0.25) is 14.5 Å². The van der Waals surface area contributed by atoms with Crippen molar-refractivity contribution in [3.05, 3.63) is 0 Å². The molecule has 0 bridgehead atoms. The lowest BCUT2D eigenvalue weighted by Crippen LogP contribution is -2.47. The van der Waals surface area contributed by atoms with Gasteiger partial charge in [0.15, 0.2) is 0 Å². The molecule has 2 amide bonds. The summed E-state index contributed by atoms with van der Waals surface area (Å²) in [5, 5.41) is 9.26. The standard InChI is InChI=1S/C13H19NO6S/c1-21(19,20)7-4-9(11(16)17)14-10(15)8-13(12(14)18)5-2-3-6-13/h9H,2-8H2,1H3,(H,16,17). The van der Waals surface area contributed by atoms with E-state index in [1.165, 1.54) is 0 Å². The van der Waals surface area contributed by atoms with Gasteiger partial charge in [-0.2, -0.15) is 0 Å². The van der Waals surface area contributed by atoms with Crippen LogP contribution in [0.3, 0.4) is 0 Å². The fraction of sp³-hybridized carbons (Fsp3) is 0.769. The van der Waals surface area contributed by atoms with Gasteiger partial charge in [0.2, 0.25) is 11.8 Å². The van der Waals surface area contributed by atoms with E-state index in [0.29, 0.717) is 12.8 Å². The largest absolute Gasteiger partial charge is 0.480 e. The molecule has 8 heteroatoms. The zero-order valence-electron chi connectivity index (χ0n) is 11.9. The molecule has 1 heterocycles. The van der Waals surface area contributed by atoms with E-state index in [0.717, 1.165) is 24.0 Å². The molecule has 0 aromatic heterocycles. The van der Waals surface area contributed by atoms with Crippen LogP contribution in [0.25, 0.3) is 0 Å². The normalized spacial score (nSPS) is 23.0. The number of hydrogen-bond donors (Lipinski definition) is 1. The van der Waals surface area contributed by atoms with E-state index in [1.54, 1.807) is 0 Å². The molecule has 2 aliphatic rings. The van der Waals surface area contributed by atoms with Crippen LogP contribution in [-0.4, -0.2) is 54.3 Å². The van der Waals surface area contributed by atoms with Gasteiger partial charge in [-0.1, -0.05) is 12.8 Å². The predicted octanol–water partition coefficient (Wildman–Crippen LogP) is 0.194. The number of hydrogen-bond acceptors (Lipinski definition) is 5. The first kappa shape index (κ1) is 15.9. The second-order valence-corrected chi connectivity index (χ2v) is 8.27. The first-order chi connectivity index (χ1) is 9.66. The van der Waals surface area contributed by atoms with Crippen LogP contribution in [0, 0.1) is 5.41 Å². The molecule has 0 radical (unpaired) electrons. The third-order valence-electron chi connectivity index (χ3n) is 4.35. The van der Waals surface area contributed by atoms with Crippen LogP contribution < -0.4 is 0 Å². The lowest BCUT2D eigenvalue weighted by atomic mass is 9.84. The molecule has 1 spiro atoms. The smallest absolute Gasteiger partial charge is 0.326 e. The molecule has 118 valence electrons. The van der Waals surface area contributed by atoms with E-state index in [-0.39, 0.29) is 18.6 Å². The molecule has 2 rings (SSSR count). The molecule has 7 nitrogen and oxygen atoms in total. The number of imide groups is 1. The lowest BCUT2D eigenvalue weighted by molar-refractivity contribution is -0.155. The van der Waals surface area contributed by atoms with Crippen LogP contribution in [0.4, 0.5) is 0 Å². The van der Waals surface area contributed by atoms with Crippen molar-refractivity contribution >= 4 is 27.6 Å². The van der Waals surface area contributed by atoms with Crippen molar-refractivity contribution in [3.63, 3.8) is 0 Å². The van der Waals surface area contributed by atoms with Gasteiger partial charge in [-0.05, 0) is 19.3 Å². The minimum absolute atomic E-state index is 0.0501. The number of nitrogens with zero attached hydrogens (tertiary/aromatic N) is 1. The lowest BCUT2D eigenvalue weighted by Gasteiger charge is -2.25. The molecule has 21 heavy (non-hydrogen) atoms. The Morgan fingerprint density at radius 3 is 2.38 bits per heavy atom. The first-order valence-electron chi connectivity index (χ1n) is 6.93. The van der Waals surface area contributed by atoms with Crippen molar-refractivity contribution < 1.29 is 27.9 Å². The summed E-state index contributed by atoms with van der Waals surface area (Å²) in [6.45, 7) is 0. The van der Waals surface area contributed by atoms with Gasteiger partial charge in [0, 0.05) is 12.7 Å². The predicted molar refractivity (Wildman–Crippen MR) is 73.1 cm³/mol. The highest BCUT2D eigenvalue weighted by molar-refractivity contribution is 7.90. The van der Waals surface area contributed by atoms with E-state index in [4.69, 9.17) is 0 Å². The van der Waals surface area contributed by atoms with E-state index in [9.17, 15) is 27.9 Å². The highest BCUT2D eigenvalue weighted by Gasteiger charge is 2.55. The molecular weight excluding hydrogens is 298 g/mol. The number of amides is 2. The first-order valence-corrected chi connectivity index (χ1v) is 8.99. The zero-order valence-corrected chi connectivity index (χ0v) is 12.7. The summed E-state index contributed by atoms with van der Waals surface area (Å²) in [5.74, 6) is -2.64. The summed E-state index contributed by atoms with van der Waals surface area (Å²) in [6, 6.07) is -1.39. The van der Waals surface area contributed by atoms with Gasteiger partial charge < -0.3 is 5.11 Å². The zero-order chi connectivity index (χ0) is 15.8. The molecule has 1 saturated carbocycles. The Labute approximate surface area is 123 Å². The molecule has 1 atom stereocenters. The molecule has 1 N–H and O–H groups in total. The Morgan fingerprint density at radius 1 is 1.33 bits per heavy atom. The van der Waals surface area contributed by atoms with Gasteiger partial charge in [-0.25, -0.2) is 13.2 Å². The van der Waals surface area contributed by atoms with Crippen LogP contribution in [-0.2, 0) is 24.2 Å². The third-order valence-corrected chi connectivity index (χ3v) is 5.33. The highest BCUT2D eigenvalue weighted by Crippen LogP contribution is 2.47. The van der Waals surface area contributed by atoms with Crippen molar-refractivity contribution in [1.82, 2.24) is 4.90 Å². The molecule has 0 aromatic rings. The van der Waals surface area contributed by atoms with E-state index < -0.39 is 39.1 Å². The molecule has 0 aromatic carbocycles. The average Bonchev–Trinajstić information content (AvgIpc) is 2.89. The number of rotatable bonds is 5. The van der Waals surface area contributed by atoms with Crippen molar-refractivity contribution in [1.29, 1.82) is 0 Å². The van der Waals surface area contributed by atoms with Crippen LogP contribution in [0.15, 0.2) is 0 Å². The Balaban J connectivity index is 2.22. The molecule has 1 unspecified atom stereocenters. The monoisotopic (exact) mass is 317 g/mol. The third kappa shape index (κ3) is 3.09. The summed E-state index contributed by atoms with van der Waals surface area (Å²) >= 11 is 0. The topological polar surface area (TPSA) is 109 Å². The Kier molecular flexibility index (Phi) is 4.10. The number of carboxylic acid groups (broad SMARTS) is 1. The molecular formula is C13H19NO6S. The summed E-state index contributed by atoms with van der Waals surface area (Å²) in [5.41, 5.74) is -0.740. The number of sulfone groups is 1. The Hall–Kier alpha value is -1.44. The van der Waals surface area contributed by atoms with Gasteiger partial charge in [0.05, 0.1) is 11.2 Å². The maximum absolute atomic E-state index is 12.5. The summed E-state index contributed by atoms with van der Waals surface area (Å²) in [4.78, 5) is 36.8. The quantitative estimate of drug-likeness (QED) is 0.725. The van der Waals surface area contributed by atoms with E-state index in [1.807, 2.05) is 0 Å². The van der Waals surface area contributed by atoms with Gasteiger partial charge in [0.25, 0.3) is 0 Å². The van der Waals surface area contributed by atoms with Crippen molar-refractivity contribution in [2.45, 2.75) is 44.6 Å². The van der Waals surface area contributed by atoms with E-state index in [2.05, 4.69) is 0 Å².